The van der Waals surface area contributed by atoms with Crippen LogP contribution in [0.5, 0.6) is 0 Å². The van der Waals surface area contributed by atoms with Crippen LogP contribution in [0.15, 0.2) is 22.7 Å². The molecule has 2 unspecified atom stereocenters. The smallest absolute Gasteiger partial charge is 0.235 e. The summed E-state index contributed by atoms with van der Waals surface area (Å²) in [6, 6.07) is 2.00. The molecule has 0 aromatic carbocycles. The second-order valence-electron chi connectivity index (χ2n) is 6.90. The predicted octanol–water partition coefficient (Wildman–Crippen LogP) is 0.548. The van der Waals surface area contributed by atoms with Crippen LogP contribution in [0.3, 0.4) is 0 Å². The number of fused-ring (bicyclic) bond motifs is 1. The normalized spacial score (nSPS) is 37.5. The summed E-state index contributed by atoms with van der Waals surface area (Å²) in [5.74, 6) is 0.0185. The van der Waals surface area contributed by atoms with E-state index in [1.807, 2.05) is 12.2 Å². The lowest BCUT2D eigenvalue weighted by atomic mass is 9.77. The fourth-order valence-corrected chi connectivity index (χ4v) is 4.00. The summed E-state index contributed by atoms with van der Waals surface area (Å²) in [7, 11) is 0. The number of aromatic nitrogens is 1. The van der Waals surface area contributed by atoms with Crippen molar-refractivity contribution in [2.45, 2.75) is 37.5 Å². The first kappa shape index (κ1) is 13.3. The largest absolute Gasteiger partial charge is 0.360 e. The van der Waals surface area contributed by atoms with Gasteiger partial charge in [0.25, 0.3) is 0 Å². The van der Waals surface area contributed by atoms with E-state index in [-0.39, 0.29) is 24.0 Å². The van der Waals surface area contributed by atoms with Crippen LogP contribution in [0.4, 0.5) is 5.82 Å². The molecule has 1 aromatic rings. The van der Waals surface area contributed by atoms with Crippen LogP contribution in [0.25, 0.3) is 0 Å². The van der Waals surface area contributed by atoms with Crippen molar-refractivity contribution in [3.8, 4) is 0 Å². The van der Waals surface area contributed by atoms with E-state index in [0.717, 1.165) is 12.8 Å². The van der Waals surface area contributed by atoms with E-state index < -0.39 is 17.4 Å². The minimum atomic E-state index is -0.708. The maximum atomic E-state index is 12.9. The Bertz CT molecular complexity index is 737. The van der Waals surface area contributed by atoms with Gasteiger partial charge >= 0.3 is 0 Å². The fraction of sp³-hybridized carbons (Fsp3) is 0.562. The molecule has 4 aliphatic rings. The molecule has 2 amide bonds. The number of rotatable bonds is 3. The average molecular weight is 315 g/mol. The zero-order chi connectivity index (χ0) is 15.8. The Morgan fingerprint density at radius 3 is 3.00 bits per heavy atom. The molecular formula is C16H17N3O4. The van der Waals surface area contributed by atoms with E-state index in [2.05, 4.69) is 10.5 Å². The molecule has 23 heavy (non-hydrogen) atoms. The maximum Gasteiger partial charge on any atom is 0.235 e. The van der Waals surface area contributed by atoms with Crippen LogP contribution >= 0.6 is 0 Å². The Balaban J connectivity index is 1.48. The topological polar surface area (TPSA) is 84.7 Å². The molecule has 7 heteroatoms. The monoisotopic (exact) mass is 315 g/mol. The van der Waals surface area contributed by atoms with Crippen molar-refractivity contribution in [2.24, 2.45) is 11.8 Å². The van der Waals surface area contributed by atoms with Crippen molar-refractivity contribution < 1.29 is 18.8 Å². The molecule has 1 saturated carbocycles. The van der Waals surface area contributed by atoms with Crippen LogP contribution in [0.1, 0.15) is 18.6 Å². The molecule has 2 saturated heterocycles. The minimum Gasteiger partial charge on any atom is -0.360 e. The Labute approximate surface area is 132 Å². The Kier molecular flexibility index (Phi) is 2.44. The number of hydrogen-bond acceptors (Lipinski definition) is 5. The van der Waals surface area contributed by atoms with Gasteiger partial charge in [-0.05, 0) is 19.8 Å². The fourth-order valence-electron chi connectivity index (χ4n) is 4.00. The number of ether oxygens (including phenoxy) is 1. The number of nitrogens with zero attached hydrogens (tertiary/aromatic N) is 2. The molecule has 0 radical (unpaired) electrons. The predicted molar refractivity (Wildman–Crippen MR) is 78.5 cm³/mol. The Morgan fingerprint density at radius 1 is 1.48 bits per heavy atom. The van der Waals surface area contributed by atoms with Crippen molar-refractivity contribution >= 4 is 17.6 Å². The summed E-state index contributed by atoms with van der Waals surface area (Å²) < 4.78 is 11.1. The van der Waals surface area contributed by atoms with Gasteiger partial charge in [-0.1, -0.05) is 17.3 Å². The Morgan fingerprint density at radius 2 is 2.30 bits per heavy atom. The van der Waals surface area contributed by atoms with E-state index in [4.69, 9.17) is 9.26 Å². The van der Waals surface area contributed by atoms with Gasteiger partial charge in [-0.2, -0.15) is 0 Å². The zero-order valence-electron chi connectivity index (χ0n) is 12.7. The molecule has 120 valence electrons. The second-order valence-corrected chi connectivity index (χ2v) is 6.90. The highest BCUT2D eigenvalue weighted by atomic mass is 16.5. The zero-order valence-corrected chi connectivity index (χ0v) is 12.7. The molecule has 2 bridgehead atoms. The molecule has 5 rings (SSSR count). The van der Waals surface area contributed by atoms with Crippen molar-refractivity contribution in [1.82, 2.24) is 10.5 Å². The SMILES string of the molecule is Cc1cc(N2C[C@]34C=C[C@@H](O3)C(C(=O)NC3CC3)C4C2=O)no1. The van der Waals surface area contributed by atoms with Gasteiger partial charge in [-0.15, -0.1) is 0 Å². The summed E-state index contributed by atoms with van der Waals surface area (Å²) in [6.45, 7) is 2.16. The summed E-state index contributed by atoms with van der Waals surface area (Å²) >= 11 is 0. The van der Waals surface area contributed by atoms with Crippen molar-refractivity contribution in [3.05, 3.63) is 24.0 Å². The summed E-state index contributed by atoms with van der Waals surface area (Å²) in [5.41, 5.74) is -0.708. The number of carbonyl (C=O) groups is 2. The van der Waals surface area contributed by atoms with Crippen molar-refractivity contribution in [3.63, 3.8) is 0 Å². The van der Waals surface area contributed by atoms with Gasteiger partial charge in [-0.3, -0.25) is 14.5 Å². The number of nitrogens with one attached hydrogen (secondary N) is 1. The van der Waals surface area contributed by atoms with Crippen LogP contribution < -0.4 is 10.2 Å². The van der Waals surface area contributed by atoms with Gasteiger partial charge in [0.1, 0.15) is 11.4 Å². The third-order valence-electron chi connectivity index (χ3n) is 5.22. The van der Waals surface area contributed by atoms with Crippen LogP contribution in [-0.2, 0) is 14.3 Å². The highest BCUT2D eigenvalue weighted by molar-refractivity contribution is 6.02. The number of aryl methyl sites for hydroxylation is 1. The van der Waals surface area contributed by atoms with Crippen LogP contribution in [0, 0.1) is 18.8 Å². The van der Waals surface area contributed by atoms with Crippen molar-refractivity contribution in [2.75, 3.05) is 11.4 Å². The molecule has 1 spiro atoms. The first-order chi connectivity index (χ1) is 11.1. The Hall–Kier alpha value is -2.15. The summed E-state index contributed by atoms with van der Waals surface area (Å²) in [6.07, 6.45) is 5.60. The summed E-state index contributed by atoms with van der Waals surface area (Å²) in [5, 5.41) is 6.94. The van der Waals surface area contributed by atoms with E-state index in [0.29, 0.717) is 18.1 Å². The quantitative estimate of drug-likeness (QED) is 0.823. The second kappa shape index (κ2) is 4.23. The van der Waals surface area contributed by atoms with Gasteiger partial charge in [0.05, 0.1) is 24.5 Å². The molecule has 4 atom stereocenters. The minimum absolute atomic E-state index is 0.0692. The van der Waals surface area contributed by atoms with Gasteiger partial charge in [0, 0.05) is 12.1 Å². The van der Waals surface area contributed by atoms with Gasteiger partial charge in [0.2, 0.25) is 11.8 Å². The molecule has 3 fully saturated rings. The summed E-state index contributed by atoms with van der Waals surface area (Å²) in [4.78, 5) is 27.1. The van der Waals surface area contributed by atoms with Crippen LogP contribution in [-0.4, -0.2) is 41.3 Å². The van der Waals surface area contributed by atoms with E-state index in [1.165, 1.54) is 0 Å². The third-order valence-corrected chi connectivity index (χ3v) is 5.22. The lowest BCUT2D eigenvalue weighted by Crippen LogP contribution is -2.44. The molecular weight excluding hydrogens is 298 g/mol. The standard InChI is InChI=1S/C16H17N3O4/c1-8-6-11(18-23-8)19-7-16-5-4-10(22-16)12(13(16)15(19)21)14(20)17-9-2-3-9/h4-6,9-10,12-13H,2-3,7H2,1H3,(H,17,20)/t10-,12?,13?,16+/m1/s1. The first-order valence-corrected chi connectivity index (χ1v) is 8.00. The van der Waals surface area contributed by atoms with Crippen molar-refractivity contribution in [1.29, 1.82) is 0 Å². The van der Waals surface area contributed by atoms with Gasteiger partial charge in [0.15, 0.2) is 5.82 Å². The highest BCUT2D eigenvalue weighted by Crippen LogP contribution is 2.52. The molecule has 1 aromatic heterocycles. The molecule has 1 N–H and O–H groups in total. The molecule has 3 aliphatic heterocycles. The highest BCUT2D eigenvalue weighted by Gasteiger charge is 2.67. The molecule has 7 nitrogen and oxygen atoms in total. The average Bonchev–Trinajstić information content (AvgIpc) is 2.87. The maximum absolute atomic E-state index is 12.9. The number of anilines is 1. The number of hydrogen-bond donors (Lipinski definition) is 1. The van der Waals surface area contributed by atoms with Gasteiger partial charge in [-0.25, -0.2) is 0 Å². The lowest BCUT2D eigenvalue weighted by molar-refractivity contribution is -0.132. The van der Waals surface area contributed by atoms with E-state index in [9.17, 15) is 9.59 Å². The first-order valence-electron chi connectivity index (χ1n) is 8.00. The number of carbonyl (C=O) groups excluding carboxylic acids is 2. The number of amides is 2. The van der Waals surface area contributed by atoms with Gasteiger partial charge < -0.3 is 14.6 Å². The third kappa shape index (κ3) is 1.77. The molecule has 4 heterocycles. The lowest BCUT2D eigenvalue weighted by Gasteiger charge is -2.23. The van der Waals surface area contributed by atoms with E-state index in [1.54, 1.807) is 17.9 Å². The van der Waals surface area contributed by atoms with Crippen LogP contribution in [0.2, 0.25) is 0 Å². The van der Waals surface area contributed by atoms with E-state index >= 15 is 0 Å². The molecule has 1 aliphatic carbocycles.